The van der Waals surface area contributed by atoms with Crippen LogP contribution in [0.4, 0.5) is 4.79 Å². The zero-order valence-electron chi connectivity index (χ0n) is 10.3. The molecule has 0 aliphatic carbocycles. The maximum Gasteiger partial charge on any atom is 0.407 e. The highest BCUT2D eigenvalue weighted by molar-refractivity contribution is 7.13. The lowest BCUT2D eigenvalue weighted by atomic mass is 10.2. The van der Waals surface area contributed by atoms with Crippen molar-refractivity contribution < 1.29 is 19.4 Å². The second-order valence-electron chi connectivity index (χ2n) is 3.72. The van der Waals surface area contributed by atoms with Crippen LogP contribution in [-0.2, 0) is 17.9 Å². The third-order valence-electron chi connectivity index (χ3n) is 2.25. The van der Waals surface area contributed by atoms with E-state index >= 15 is 0 Å². The van der Waals surface area contributed by atoms with Crippen LogP contribution >= 0.6 is 11.3 Å². The number of carbonyl (C=O) groups is 2. The number of aromatic nitrogens is 2. The molecule has 0 aliphatic heterocycles. The SMILES string of the molecule is O=C(NCc1nnc(C(=O)O)s1)OCc1ccccc1. The number of alkyl carbamates (subject to hydrolysis) is 1. The van der Waals surface area contributed by atoms with Gasteiger partial charge < -0.3 is 15.2 Å². The molecular formula is C12H11N3O4S. The maximum atomic E-state index is 11.4. The van der Waals surface area contributed by atoms with E-state index in [1.54, 1.807) is 0 Å². The van der Waals surface area contributed by atoms with Gasteiger partial charge >= 0.3 is 12.1 Å². The Labute approximate surface area is 118 Å². The number of rotatable bonds is 5. The molecular weight excluding hydrogens is 282 g/mol. The van der Waals surface area contributed by atoms with Gasteiger partial charge in [-0.1, -0.05) is 41.7 Å². The largest absolute Gasteiger partial charge is 0.476 e. The summed E-state index contributed by atoms with van der Waals surface area (Å²) in [6.07, 6.45) is -0.596. The minimum atomic E-state index is -1.14. The van der Waals surface area contributed by atoms with Crippen LogP contribution in [0.3, 0.4) is 0 Å². The first-order valence-corrected chi connectivity index (χ1v) is 6.47. The number of amides is 1. The van der Waals surface area contributed by atoms with Gasteiger partial charge in [0.2, 0.25) is 5.01 Å². The highest BCUT2D eigenvalue weighted by Crippen LogP contribution is 2.09. The average molecular weight is 293 g/mol. The molecule has 20 heavy (non-hydrogen) atoms. The molecule has 104 valence electrons. The van der Waals surface area contributed by atoms with E-state index in [-0.39, 0.29) is 18.2 Å². The van der Waals surface area contributed by atoms with Gasteiger partial charge in [0.05, 0.1) is 6.54 Å². The first kappa shape index (κ1) is 13.9. The van der Waals surface area contributed by atoms with Gasteiger partial charge in [-0.15, -0.1) is 10.2 Å². The molecule has 0 radical (unpaired) electrons. The number of carboxylic acid groups (broad SMARTS) is 1. The Kier molecular flexibility index (Phi) is 4.61. The molecule has 0 fully saturated rings. The first-order valence-electron chi connectivity index (χ1n) is 5.65. The van der Waals surface area contributed by atoms with Gasteiger partial charge in [0.15, 0.2) is 0 Å². The van der Waals surface area contributed by atoms with Crippen molar-refractivity contribution in [3.63, 3.8) is 0 Å². The van der Waals surface area contributed by atoms with Crippen molar-refractivity contribution in [2.45, 2.75) is 13.2 Å². The topological polar surface area (TPSA) is 101 Å². The fraction of sp³-hybridized carbons (Fsp3) is 0.167. The Bertz CT molecular complexity index is 600. The van der Waals surface area contributed by atoms with Crippen LogP contribution in [0.1, 0.15) is 20.4 Å². The normalized spacial score (nSPS) is 10.0. The summed E-state index contributed by atoms with van der Waals surface area (Å²) < 4.78 is 4.99. The Morgan fingerprint density at radius 2 is 2.00 bits per heavy atom. The number of carbonyl (C=O) groups excluding carboxylic acids is 1. The molecule has 0 saturated carbocycles. The smallest absolute Gasteiger partial charge is 0.407 e. The van der Waals surface area contributed by atoms with Gasteiger partial charge in [-0.2, -0.15) is 0 Å². The van der Waals surface area contributed by atoms with E-state index in [9.17, 15) is 9.59 Å². The van der Waals surface area contributed by atoms with E-state index in [1.807, 2.05) is 30.3 Å². The van der Waals surface area contributed by atoms with Crippen LogP contribution in [-0.4, -0.2) is 27.4 Å². The van der Waals surface area contributed by atoms with Crippen molar-refractivity contribution in [1.82, 2.24) is 15.5 Å². The monoisotopic (exact) mass is 293 g/mol. The van der Waals surface area contributed by atoms with Gasteiger partial charge in [0.1, 0.15) is 11.6 Å². The second-order valence-corrected chi connectivity index (χ2v) is 4.78. The highest BCUT2D eigenvalue weighted by Gasteiger charge is 2.11. The molecule has 8 heteroatoms. The van der Waals surface area contributed by atoms with E-state index < -0.39 is 12.1 Å². The molecule has 1 heterocycles. The Morgan fingerprint density at radius 1 is 1.25 bits per heavy atom. The molecule has 0 spiro atoms. The molecule has 0 saturated heterocycles. The number of nitrogens with zero attached hydrogens (tertiary/aromatic N) is 2. The number of ether oxygens (including phenoxy) is 1. The molecule has 0 bridgehead atoms. The zero-order valence-corrected chi connectivity index (χ0v) is 11.1. The number of carboxylic acids is 1. The molecule has 1 amide bonds. The lowest BCUT2D eigenvalue weighted by molar-refractivity contribution is 0.0695. The Morgan fingerprint density at radius 3 is 2.65 bits per heavy atom. The maximum absolute atomic E-state index is 11.4. The van der Waals surface area contributed by atoms with Crippen LogP contribution in [0.15, 0.2) is 30.3 Å². The summed E-state index contributed by atoms with van der Waals surface area (Å²) in [4.78, 5) is 22.0. The molecule has 2 N–H and O–H groups in total. The third kappa shape index (κ3) is 4.02. The first-order chi connectivity index (χ1) is 9.65. The summed E-state index contributed by atoms with van der Waals surface area (Å²) >= 11 is 0.905. The van der Waals surface area contributed by atoms with E-state index in [0.717, 1.165) is 16.9 Å². The van der Waals surface area contributed by atoms with E-state index in [1.165, 1.54) is 0 Å². The van der Waals surface area contributed by atoms with Crippen LogP contribution in [0, 0.1) is 0 Å². The van der Waals surface area contributed by atoms with Gasteiger partial charge in [-0.3, -0.25) is 0 Å². The summed E-state index contributed by atoms with van der Waals surface area (Å²) in [6.45, 7) is 0.252. The van der Waals surface area contributed by atoms with Crippen molar-refractivity contribution >= 4 is 23.4 Å². The molecule has 1 aromatic heterocycles. The van der Waals surface area contributed by atoms with Crippen LogP contribution < -0.4 is 5.32 Å². The number of hydrogen-bond acceptors (Lipinski definition) is 6. The van der Waals surface area contributed by atoms with Crippen molar-refractivity contribution in [3.8, 4) is 0 Å². The summed E-state index contributed by atoms with van der Waals surface area (Å²) in [7, 11) is 0. The van der Waals surface area contributed by atoms with Gasteiger partial charge in [-0.05, 0) is 5.56 Å². The van der Waals surface area contributed by atoms with Crippen LogP contribution in [0.5, 0.6) is 0 Å². The molecule has 2 aromatic rings. The van der Waals surface area contributed by atoms with Gasteiger partial charge in [0.25, 0.3) is 0 Å². The minimum Gasteiger partial charge on any atom is -0.476 e. The fourth-order valence-electron chi connectivity index (χ4n) is 1.33. The third-order valence-corrected chi connectivity index (χ3v) is 3.16. The average Bonchev–Trinajstić information content (AvgIpc) is 2.93. The lowest BCUT2D eigenvalue weighted by Gasteiger charge is -2.05. The lowest BCUT2D eigenvalue weighted by Crippen LogP contribution is -2.23. The van der Waals surface area contributed by atoms with Crippen molar-refractivity contribution in [1.29, 1.82) is 0 Å². The number of aromatic carboxylic acids is 1. The van der Waals surface area contributed by atoms with Crippen LogP contribution in [0.25, 0.3) is 0 Å². The Balaban J connectivity index is 1.76. The highest BCUT2D eigenvalue weighted by atomic mass is 32.1. The number of hydrogen-bond donors (Lipinski definition) is 2. The second kappa shape index (κ2) is 6.62. The van der Waals surface area contributed by atoms with Crippen molar-refractivity contribution in [2.75, 3.05) is 0 Å². The molecule has 1 aromatic carbocycles. The van der Waals surface area contributed by atoms with Gasteiger partial charge in [-0.25, -0.2) is 9.59 Å². The van der Waals surface area contributed by atoms with E-state index in [2.05, 4.69) is 15.5 Å². The summed E-state index contributed by atoms with van der Waals surface area (Å²) in [5.41, 5.74) is 0.881. The number of nitrogens with one attached hydrogen (secondary N) is 1. The molecule has 2 rings (SSSR count). The summed E-state index contributed by atoms with van der Waals surface area (Å²) in [5, 5.41) is 18.6. The van der Waals surface area contributed by atoms with Crippen molar-refractivity contribution in [2.24, 2.45) is 0 Å². The predicted molar refractivity (Wildman–Crippen MR) is 70.3 cm³/mol. The van der Waals surface area contributed by atoms with Crippen molar-refractivity contribution in [3.05, 3.63) is 45.9 Å². The summed E-state index contributed by atoms with van der Waals surface area (Å²) in [5.74, 6) is -1.14. The molecule has 7 nitrogen and oxygen atoms in total. The zero-order chi connectivity index (χ0) is 14.4. The van der Waals surface area contributed by atoms with E-state index in [4.69, 9.17) is 9.84 Å². The standard InChI is InChI=1S/C12H11N3O4S/c16-11(17)10-15-14-9(20-10)6-13-12(18)19-7-8-4-2-1-3-5-8/h1-5H,6-7H2,(H,13,18)(H,16,17). The molecule has 0 atom stereocenters. The fourth-order valence-corrected chi connectivity index (χ4v) is 1.95. The van der Waals surface area contributed by atoms with E-state index in [0.29, 0.717) is 5.01 Å². The number of benzene rings is 1. The molecule has 0 unspecified atom stereocenters. The quantitative estimate of drug-likeness (QED) is 0.869. The van der Waals surface area contributed by atoms with Gasteiger partial charge in [0, 0.05) is 0 Å². The predicted octanol–water partition coefficient (Wildman–Crippen LogP) is 1.66. The summed E-state index contributed by atoms with van der Waals surface area (Å²) in [6, 6.07) is 9.27. The minimum absolute atomic E-state index is 0.0819. The Hall–Kier alpha value is -2.48. The molecule has 0 aliphatic rings. The van der Waals surface area contributed by atoms with Crippen LogP contribution in [0.2, 0.25) is 0 Å².